The second-order valence-corrected chi connectivity index (χ2v) is 5.79. The van der Waals surface area contributed by atoms with Crippen molar-refractivity contribution in [2.24, 2.45) is 0 Å². The number of benzene rings is 1. The molecule has 0 unspecified atom stereocenters. The van der Waals surface area contributed by atoms with Gasteiger partial charge in [-0.1, -0.05) is 18.2 Å². The molecule has 2 nitrogen and oxygen atoms in total. The molecular formula is C15H15NOS. The van der Waals surface area contributed by atoms with Crippen LogP contribution in [0.3, 0.4) is 0 Å². The van der Waals surface area contributed by atoms with Gasteiger partial charge in [0.2, 0.25) is 0 Å². The van der Waals surface area contributed by atoms with E-state index in [1.165, 1.54) is 29.3 Å². The second-order valence-electron chi connectivity index (χ2n) is 4.95. The zero-order valence-corrected chi connectivity index (χ0v) is 11.4. The van der Waals surface area contributed by atoms with Gasteiger partial charge in [-0.2, -0.15) is 0 Å². The lowest BCUT2D eigenvalue weighted by atomic mass is 9.96. The third kappa shape index (κ3) is 1.89. The largest absolute Gasteiger partial charge is 0.288 e. The maximum atomic E-state index is 12.6. The van der Waals surface area contributed by atoms with Crippen molar-refractivity contribution in [3.05, 3.63) is 51.5 Å². The molecular weight excluding hydrogens is 242 g/mol. The standard InChI is InChI=1S/C15H15NOS/c1-9-4-3-5-12(10(9)2)14(17)13-8-16-18-15(13)11-6-7-11/h3-5,8,11H,6-7H2,1-2H3. The Morgan fingerprint density at radius 3 is 2.78 bits per heavy atom. The Labute approximate surface area is 111 Å². The fourth-order valence-corrected chi connectivity index (χ4v) is 3.10. The molecule has 18 heavy (non-hydrogen) atoms. The van der Waals surface area contributed by atoms with Gasteiger partial charge in [0.05, 0.1) is 11.8 Å². The van der Waals surface area contributed by atoms with E-state index in [4.69, 9.17) is 0 Å². The Balaban J connectivity index is 2.03. The topological polar surface area (TPSA) is 30.0 Å². The van der Waals surface area contributed by atoms with E-state index in [-0.39, 0.29) is 5.78 Å². The molecule has 0 aliphatic heterocycles. The monoisotopic (exact) mass is 257 g/mol. The van der Waals surface area contributed by atoms with E-state index in [1.807, 2.05) is 32.0 Å². The number of rotatable bonds is 3. The first-order valence-electron chi connectivity index (χ1n) is 6.24. The van der Waals surface area contributed by atoms with Crippen molar-refractivity contribution >= 4 is 17.3 Å². The van der Waals surface area contributed by atoms with E-state index in [0.717, 1.165) is 22.3 Å². The minimum Gasteiger partial charge on any atom is -0.288 e. The molecule has 1 aliphatic rings. The Kier molecular flexibility index (Phi) is 2.78. The van der Waals surface area contributed by atoms with E-state index < -0.39 is 0 Å². The van der Waals surface area contributed by atoms with Crippen LogP contribution < -0.4 is 0 Å². The first kappa shape index (κ1) is 11.6. The number of aryl methyl sites for hydroxylation is 1. The van der Waals surface area contributed by atoms with E-state index >= 15 is 0 Å². The predicted molar refractivity (Wildman–Crippen MR) is 73.4 cm³/mol. The fraction of sp³-hybridized carbons (Fsp3) is 0.333. The summed E-state index contributed by atoms with van der Waals surface area (Å²) in [6.07, 6.45) is 4.15. The van der Waals surface area contributed by atoms with Gasteiger partial charge in [0.25, 0.3) is 0 Å². The number of carbonyl (C=O) groups excluding carboxylic acids is 1. The molecule has 0 atom stereocenters. The van der Waals surface area contributed by atoms with Crippen molar-refractivity contribution < 1.29 is 4.79 Å². The highest BCUT2D eigenvalue weighted by Crippen LogP contribution is 2.44. The Bertz CT molecular complexity index is 611. The Morgan fingerprint density at radius 1 is 1.28 bits per heavy atom. The van der Waals surface area contributed by atoms with Gasteiger partial charge in [0, 0.05) is 10.4 Å². The van der Waals surface area contributed by atoms with Gasteiger partial charge in [-0.25, -0.2) is 4.37 Å². The van der Waals surface area contributed by atoms with Crippen LogP contribution >= 0.6 is 11.5 Å². The third-order valence-corrected chi connectivity index (χ3v) is 4.60. The highest BCUT2D eigenvalue weighted by atomic mass is 32.1. The lowest BCUT2D eigenvalue weighted by Crippen LogP contribution is -2.05. The highest BCUT2D eigenvalue weighted by Gasteiger charge is 2.30. The summed E-state index contributed by atoms with van der Waals surface area (Å²) >= 11 is 1.48. The lowest BCUT2D eigenvalue weighted by molar-refractivity contribution is 0.103. The van der Waals surface area contributed by atoms with Crippen LogP contribution in [0.2, 0.25) is 0 Å². The summed E-state index contributed by atoms with van der Waals surface area (Å²) in [7, 11) is 0. The van der Waals surface area contributed by atoms with Gasteiger partial charge >= 0.3 is 0 Å². The molecule has 1 aliphatic carbocycles. The minimum absolute atomic E-state index is 0.131. The number of ketones is 1. The average molecular weight is 257 g/mol. The summed E-state index contributed by atoms with van der Waals surface area (Å²) < 4.78 is 4.20. The van der Waals surface area contributed by atoms with E-state index in [9.17, 15) is 4.79 Å². The molecule has 1 heterocycles. The fourth-order valence-electron chi connectivity index (χ4n) is 2.20. The molecule has 1 fully saturated rings. The summed E-state index contributed by atoms with van der Waals surface area (Å²) in [6.45, 7) is 4.05. The maximum Gasteiger partial charge on any atom is 0.196 e. The quantitative estimate of drug-likeness (QED) is 0.781. The zero-order valence-electron chi connectivity index (χ0n) is 10.6. The number of hydrogen-bond acceptors (Lipinski definition) is 3. The molecule has 0 amide bonds. The molecule has 0 saturated heterocycles. The maximum absolute atomic E-state index is 12.6. The summed E-state index contributed by atoms with van der Waals surface area (Å²) in [5.74, 6) is 0.716. The number of carbonyl (C=O) groups is 1. The van der Waals surface area contributed by atoms with Crippen molar-refractivity contribution in [2.45, 2.75) is 32.6 Å². The van der Waals surface area contributed by atoms with Crippen molar-refractivity contribution in [2.75, 3.05) is 0 Å². The molecule has 1 aromatic carbocycles. The minimum atomic E-state index is 0.131. The van der Waals surface area contributed by atoms with Crippen molar-refractivity contribution in [3.8, 4) is 0 Å². The van der Waals surface area contributed by atoms with Crippen LogP contribution in [-0.2, 0) is 0 Å². The van der Waals surface area contributed by atoms with E-state index in [0.29, 0.717) is 5.92 Å². The van der Waals surface area contributed by atoms with Crippen molar-refractivity contribution in [1.29, 1.82) is 0 Å². The van der Waals surface area contributed by atoms with Crippen LogP contribution in [0, 0.1) is 13.8 Å². The molecule has 1 aromatic heterocycles. The van der Waals surface area contributed by atoms with Gasteiger partial charge < -0.3 is 0 Å². The van der Waals surface area contributed by atoms with Crippen LogP contribution in [-0.4, -0.2) is 10.2 Å². The van der Waals surface area contributed by atoms with Gasteiger partial charge in [-0.15, -0.1) is 0 Å². The molecule has 0 spiro atoms. The summed E-state index contributed by atoms with van der Waals surface area (Å²) in [5.41, 5.74) is 3.88. The predicted octanol–water partition coefficient (Wildman–Crippen LogP) is 3.87. The lowest BCUT2D eigenvalue weighted by Gasteiger charge is -2.07. The summed E-state index contributed by atoms with van der Waals surface area (Å²) in [4.78, 5) is 13.8. The summed E-state index contributed by atoms with van der Waals surface area (Å²) in [5, 5.41) is 0. The van der Waals surface area contributed by atoms with Gasteiger partial charge in [0.15, 0.2) is 5.78 Å². The molecule has 92 valence electrons. The molecule has 0 bridgehead atoms. The third-order valence-electron chi connectivity index (χ3n) is 3.64. The van der Waals surface area contributed by atoms with Crippen LogP contribution in [0.25, 0.3) is 0 Å². The smallest absolute Gasteiger partial charge is 0.196 e. The van der Waals surface area contributed by atoms with Crippen LogP contribution in [0.4, 0.5) is 0 Å². The SMILES string of the molecule is Cc1cccc(C(=O)c2cnsc2C2CC2)c1C. The second kappa shape index (κ2) is 4.32. The van der Waals surface area contributed by atoms with E-state index in [2.05, 4.69) is 4.37 Å². The molecule has 0 radical (unpaired) electrons. The summed E-state index contributed by atoms with van der Waals surface area (Å²) in [6, 6.07) is 5.91. The normalized spacial score (nSPS) is 14.8. The first-order valence-corrected chi connectivity index (χ1v) is 7.01. The van der Waals surface area contributed by atoms with Gasteiger partial charge in [-0.05, 0) is 55.3 Å². The van der Waals surface area contributed by atoms with Crippen molar-refractivity contribution in [1.82, 2.24) is 4.37 Å². The number of nitrogens with zero attached hydrogens (tertiary/aromatic N) is 1. The number of aromatic nitrogens is 1. The molecule has 0 N–H and O–H groups in total. The average Bonchev–Trinajstić information content (AvgIpc) is 3.09. The van der Waals surface area contributed by atoms with Crippen LogP contribution in [0.5, 0.6) is 0 Å². The molecule has 3 heteroatoms. The van der Waals surface area contributed by atoms with Gasteiger partial charge in [-0.3, -0.25) is 4.79 Å². The molecule has 3 rings (SSSR count). The van der Waals surface area contributed by atoms with Crippen molar-refractivity contribution in [3.63, 3.8) is 0 Å². The number of hydrogen-bond donors (Lipinski definition) is 0. The Morgan fingerprint density at radius 2 is 2.06 bits per heavy atom. The van der Waals surface area contributed by atoms with Crippen LogP contribution in [0.15, 0.2) is 24.4 Å². The molecule has 2 aromatic rings. The zero-order chi connectivity index (χ0) is 12.7. The van der Waals surface area contributed by atoms with Crippen LogP contribution in [0.1, 0.15) is 50.7 Å². The first-order chi connectivity index (χ1) is 8.68. The van der Waals surface area contributed by atoms with Gasteiger partial charge in [0.1, 0.15) is 0 Å². The van der Waals surface area contributed by atoms with E-state index in [1.54, 1.807) is 6.20 Å². The highest BCUT2D eigenvalue weighted by molar-refractivity contribution is 7.06. The molecule has 1 saturated carbocycles. The Hall–Kier alpha value is -1.48.